The lowest BCUT2D eigenvalue weighted by Gasteiger charge is -2.33. The number of halogens is 2. The molecule has 1 atom stereocenters. The summed E-state index contributed by atoms with van der Waals surface area (Å²) in [5, 5.41) is 17.6. The summed E-state index contributed by atoms with van der Waals surface area (Å²) in [6.45, 7) is 2.74. The van der Waals surface area contributed by atoms with Crippen LogP contribution in [0.2, 0.25) is 0 Å². The molecule has 0 spiro atoms. The van der Waals surface area contributed by atoms with Gasteiger partial charge in [0.05, 0.1) is 25.4 Å². The lowest BCUT2D eigenvalue weighted by molar-refractivity contribution is -0.207. The molecule has 0 aliphatic carbocycles. The van der Waals surface area contributed by atoms with Gasteiger partial charge in [-0.2, -0.15) is 19.3 Å². The molecule has 0 aromatic heterocycles. The van der Waals surface area contributed by atoms with Crippen LogP contribution < -0.4 is 0 Å². The van der Waals surface area contributed by atoms with Crippen molar-refractivity contribution in [3.8, 4) is 12.1 Å². The number of alkyl halides is 2. The maximum absolute atomic E-state index is 14.2. The molecule has 0 aliphatic heterocycles. The topological polar surface area (TPSA) is 100 Å². The van der Waals surface area contributed by atoms with Gasteiger partial charge < -0.3 is 9.47 Å². The van der Waals surface area contributed by atoms with Crippen molar-refractivity contribution in [2.24, 2.45) is 11.3 Å². The fraction of sp³-hybridized carbons (Fsp3) is 0.667. The molecule has 0 saturated carbocycles. The van der Waals surface area contributed by atoms with E-state index in [2.05, 4.69) is 9.47 Å². The summed E-state index contributed by atoms with van der Waals surface area (Å²) in [5.41, 5.74) is -2.95. The molecule has 20 heavy (non-hydrogen) atoms. The van der Waals surface area contributed by atoms with Gasteiger partial charge in [0.15, 0.2) is 11.3 Å². The van der Waals surface area contributed by atoms with E-state index in [1.807, 2.05) is 0 Å². The quantitative estimate of drug-likeness (QED) is 0.685. The molecule has 0 N–H and O–H groups in total. The van der Waals surface area contributed by atoms with E-state index in [-0.39, 0.29) is 13.2 Å². The zero-order valence-electron chi connectivity index (χ0n) is 11.3. The van der Waals surface area contributed by atoms with Gasteiger partial charge in [0, 0.05) is 0 Å². The Bertz CT molecular complexity index is 453. The molecule has 0 aromatic carbocycles. The third-order valence-electron chi connectivity index (χ3n) is 2.72. The summed E-state index contributed by atoms with van der Waals surface area (Å²) in [5.74, 6) is -9.93. The lowest BCUT2D eigenvalue weighted by atomic mass is 9.73. The van der Waals surface area contributed by atoms with Crippen molar-refractivity contribution in [1.82, 2.24) is 0 Å². The van der Waals surface area contributed by atoms with Crippen LogP contribution in [-0.2, 0) is 19.1 Å². The number of nitriles is 2. The third-order valence-corrected chi connectivity index (χ3v) is 2.72. The van der Waals surface area contributed by atoms with Gasteiger partial charge in [-0.1, -0.05) is 0 Å². The summed E-state index contributed by atoms with van der Waals surface area (Å²) in [6.07, 6.45) is 0. The fourth-order valence-electron chi connectivity index (χ4n) is 1.43. The zero-order chi connectivity index (χ0) is 16.0. The molecule has 0 aliphatic rings. The maximum atomic E-state index is 14.2. The lowest BCUT2D eigenvalue weighted by Crippen LogP contribution is -2.55. The van der Waals surface area contributed by atoms with E-state index in [0.717, 1.165) is 0 Å². The Morgan fingerprint density at radius 1 is 1.10 bits per heavy atom. The molecule has 6 nitrogen and oxygen atoms in total. The molecular weight excluding hydrogens is 274 g/mol. The van der Waals surface area contributed by atoms with Crippen LogP contribution in [0.4, 0.5) is 8.78 Å². The smallest absolute Gasteiger partial charge is 0.378 e. The molecule has 1 unspecified atom stereocenters. The molecule has 0 heterocycles. The van der Waals surface area contributed by atoms with Gasteiger partial charge >= 0.3 is 17.9 Å². The molecule has 0 bridgehead atoms. The van der Waals surface area contributed by atoms with Gasteiger partial charge in [0.25, 0.3) is 0 Å². The largest absolute Gasteiger partial charge is 0.465 e. The van der Waals surface area contributed by atoms with Crippen molar-refractivity contribution in [1.29, 1.82) is 10.5 Å². The average molecular weight is 288 g/mol. The molecule has 0 rings (SSSR count). The van der Waals surface area contributed by atoms with Gasteiger partial charge in [-0.15, -0.1) is 0 Å². The Morgan fingerprint density at radius 2 is 1.50 bits per heavy atom. The Hall–Kier alpha value is -2.22. The number of carbonyl (C=O) groups excluding carboxylic acids is 2. The third kappa shape index (κ3) is 2.85. The highest BCUT2D eigenvalue weighted by molar-refractivity contribution is 5.90. The first-order valence-corrected chi connectivity index (χ1v) is 5.75. The van der Waals surface area contributed by atoms with E-state index < -0.39 is 29.2 Å². The predicted molar refractivity (Wildman–Crippen MR) is 61.0 cm³/mol. The van der Waals surface area contributed by atoms with E-state index in [4.69, 9.17) is 10.5 Å². The Morgan fingerprint density at radius 3 is 1.85 bits per heavy atom. The number of hydrogen-bond acceptors (Lipinski definition) is 6. The van der Waals surface area contributed by atoms with Gasteiger partial charge in [-0.25, -0.2) is 4.79 Å². The van der Waals surface area contributed by atoms with Crippen LogP contribution in [0, 0.1) is 34.0 Å². The van der Waals surface area contributed by atoms with Crippen molar-refractivity contribution in [3.63, 3.8) is 0 Å². The summed E-state index contributed by atoms with van der Waals surface area (Å²) in [6, 6.07) is 2.57. The molecule has 0 fully saturated rings. The van der Waals surface area contributed by atoms with Crippen LogP contribution >= 0.6 is 0 Å². The van der Waals surface area contributed by atoms with Crippen LogP contribution in [0.15, 0.2) is 0 Å². The standard InChI is InChI=1S/C12H14F2N2O4/c1-4-19-9(17)11(3,8(6-15)7-16)12(13,14)10(18)20-5-2/h8H,4-5H2,1-3H3. The highest BCUT2D eigenvalue weighted by Gasteiger charge is 2.67. The van der Waals surface area contributed by atoms with Gasteiger partial charge in [-0.05, 0) is 20.8 Å². The van der Waals surface area contributed by atoms with E-state index in [0.29, 0.717) is 6.92 Å². The monoisotopic (exact) mass is 288 g/mol. The number of nitrogens with zero attached hydrogens (tertiary/aromatic N) is 2. The summed E-state index contributed by atoms with van der Waals surface area (Å²) in [4.78, 5) is 23.1. The zero-order valence-corrected chi connectivity index (χ0v) is 11.3. The average Bonchev–Trinajstić information content (AvgIpc) is 2.39. The van der Waals surface area contributed by atoms with E-state index in [1.54, 1.807) is 0 Å². The number of rotatable bonds is 6. The van der Waals surface area contributed by atoms with Gasteiger partial charge in [0.2, 0.25) is 0 Å². The first-order chi connectivity index (χ1) is 9.23. The maximum Gasteiger partial charge on any atom is 0.378 e. The number of esters is 2. The predicted octanol–water partition coefficient (Wildman–Crippen LogP) is 1.42. The van der Waals surface area contributed by atoms with Crippen molar-refractivity contribution in [2.45, 2.75) is 26.7 Å². The van der Waals surface area contributed by atoms with Crippen LogP contribution in [-0.4, -0.2) is 31.1 Å². The van der Waals surface area contributed by atoms with Gasteiger partial charge in [0.1, 0.15) is 0 Å². The van der Waals surface area contributed by atoms with Crippen LogP contribution in [0.1, 0.15) is 20.8 Å². The minimum Gasteiger partial charge on any atom is -0.465 e. The minimum atomic E-state index is -4.37. The Balaban J connectivity index is 5.89. The van der Waals surface area contributed by atoms with Crippen molar-refractivity contribution >= 4 is 11.9 Å². The van der Waals surface area contributed by atoms with Gasteiger partial charge in [-0.3, -0.25) is 4.79 Å². The Kier molecular flexibility index (Phi) is 6.05. The molecule has 0 amide bonds. The number of carbonyl (C=O) groups is 2. The molecule has 110 valence electrons. The highest BCUT2D eigenvalue weighted by Crippen LogP contribution is 2.44. The molecule has 0 radical (unpaired) electrons. The fourth-order valence-corrected chi connectivity index (χ4v) is 1.43. The van der Waals surface area contributed by atoms with Crippen molar-refractivity contribution < 1.29 is 27.8 Å². The van der Waals surface area contributed by atoms with Crippen LogP contribution in [0.5, 0.6) is 0 Å². The highest BCUT2D eigenvalue weighted by atomic mass is 19.3. The van der Waals surface area contributed by atoms with Crippen molar-refractivity contribution in [3.05, 3.63) is 0 Å². The van der Waals surface area contributed by atoms with Crippen LogP contribution in [0.25, 0.3) is 0 Å². The number of ether oxygens (including phenoxy) is 2. The van der Waals surface area contributed by atoms with Crippen LogP contribution in [0.3, 0.4) is 0 Å². The second-order valence-corrected chi connectivity index (χ2v) is 3.91. The first kappa shape index (κ1) is 17.8. The summed E-state index contributed by atoms with van der Waals surface area (Å²) >= 11 is 0. The summed E-state index contributed by atoms with van der Waals surface area (Å²) < 4.78 is 37.0. The first-order valence-electron chi connectivity index (χ1n) is 5.75. The van der Waals surface area contributed by atoms with E-state index >= 15 is 0 Å². The minimum absolute atomic E-state index is 0.239. The second-order valence-electron chi connectivity index (χ2n) is 3.91. The summed E-state index contributed by atoms with van der Waals surface area (Å²) in [7, 11) is 0. The Labute approximate surface area is 114 Å². The molecule has 8 heteroatoms. The molecule has 0 aromatic rings. The van der Waals surface area contributed by atoms with Crippen molar-refractivity contribution in [2.75, 3.05) is 13.2 Å². The SMILES string of the molecule is CCOC(=O)C(F)(F)C(C)(C(=O)OCC)C(C#N)C#N. The second kappa shape index (κ2) is 6.80. The molecule has 0 saturated heterocycles. The normalized spacial score (nSPS) is 13.8. The van der Waals surface area contributed by atoms with E-state index in [1.165, 1.54) is 26.0 Å². The van der Waals surface area contributed by atoms with E-state index in [9.17, 15) is 18.4 Å². The number of hydrogen-bond donors (Lipinski definition) is 0. The molecular formula is C12H14F2N2O4.